The summed E-state index contributed by atoms with van der Waals surface area (Å²) in [4.78, 5) is 3.78. The summed E-state index contributed by atoms with van der Waals surface area (Å²) in [7, 11) is -3.69. The highest BCUT2D eigenvalue weighted by atomic mass is 32.2. The number of anilines is 2. The summed E-state index contributed by atoms with van der Waals surface area (Å²) in [6.45, 7) is 0. The van der Waals surface area contributed by atoms with Gasteiger partial charge in [-0.2, -0.15) is 5.26 Å². The molecule has 0 bridgehead atoms. The lowest BCUT2D eigenvalue weighted by molar-refractivity contribution is 0.601. The quantitative estimate of drug-likeness (QED) is 0.886. The second kappa shape index (κ2) is 5.59. The van der Waals surface area contributed by atoms with Crippen molar-refractivity contribution >= 4 is 21.5 Å². The van der Waals surface area contributed by atoms with Gasteiger partial charge < -0.3 is 5.73 Å². The molecule has 2 rings (SSSR count). The predicted octanol–water partition coefficient (Wildman–Crippen LogP) is 1.53. The van der Waals surface area contributed by atoms with Crippen molar-refractivity contribution in [1.29, 1.82) is 5.26 Å². The number of nitrogens with two attached hydrogens (primary N) is 1. The van der Waals surface area contributed by atoms with Crippen LogP contribution in [0.1, 0.15) is 5.56 Å². The van der Waals surface area contributed by atoms with Crippen molar-refractivity contribution in [2.75, 3.05) is 10.5 Å². The van der Waals surface area contributed by atoms with Gasteiger partial charge in [-0.15, -0.1) is 0 Å². The molecule has 20 heavy (non-hydrogen) atoms. The molecule has 0 saturated heterocycles. The number of hydrogen-bond acceptors (Lipinski definition) is 5. The van der Waals surface area contributed by atoms with E-state index in [1.807, 2.05) is 6.07 Å². The third-order valence-corrected chi connectivity index (χ3v) is 3.93. The van der Waals surface area contributed by atoms with E-state index in [4.69, 9.17) is 11.0 Å². The minimum atomic E-state index is -3.69. The molecule has 1 aromatic heterocycles. The van der Waals surface area contributed by atoms with Crippen LogP contribution in [0.25, 0.3) is 0 Å². The summed E-state index contributed by atoms with van der Waals surface area (Å²) in [6.07, 6.45) is 1.48. The molecule has 0 spiro atoms. The van der Waals surface area contributed by atoms with Crippen molar-refractivity contribution in [3.05, 3.63) is 48.2 Å². The lowest BCUT2D eigenvalue weighted by Crippen LogP contribution is -2.13. The summed E-state index contributed by atoms with van der Waals surface area (Å²) in [6, 6.07) is 11.4. The van der Waals surface area contributed by atoms with Gasteiger partial charge >= 0.3 is 0 Å². The van der Waals surface area contributed by atoms with Gasteiger partial charge in [-0.25, -0.2) is 13.4 Å². The Morgan fingerprint density at radius 3 is 2.45 bits per heavy atom. The van der Waals surface area contributed by atoms with Crippen molar-refractivity contribution in [2.24, 2.45) is 0 Å². The Morgan fingerprint density at radius 2 is 1.90 bits per heavy atom. The zero-order valence-electron chi connectivity index (χ0n) is 10.4. The summed E-state index contributed by atoms with van der Waals surface area (Å²) in [5, 5.41) is 8.57. The highest BCUT2D eigenvalue weighted by Crippen LogP contribution is 2.16. The number of rotatable bonds is 4. The van der Waals surface area contributed by atoms with Crippen LogP contribution in [-0.2, 0) is 16.4 Å². The van der Waals surface area contributed by atoms with Crippen molar-refractivity contribution in [1.82, 2.24) is 4.98 Å². The maximum absolute atomic E-state index is 12.1. The number of benzene rings is 1. The molecule has 1 heterocycles. The van der Waals surface area contributed by atoms with E-state index >= 15 is 0 Å². The molecule has 102 valence electrons. The maximum atomic E-state index is 12.1. The molecule has 0 amide bonds. The summed E-state index contributed by atoms with van der Waals surface area (Å²) >= 11 is 0. The van der Waals surface area contributed by atoms with Gasteiger partial charge in [0.1, 0.15) is 10.7 Å². The van der Waals surface area contributed by atoms with Crippen molar-refractivity contribution in [3.8, 4) is 6.07 Å². The Kier molecular flexibility index (Phi) is 3.86. The van der Waals surface area contributed by atoms with Crippen LogP contribution >= 0.6 is 0 Å². The number of nitrogens with one attached hydrogen (secondary N) is 1. The third kappa shape index (κ3) is 3.24. The minimum Gasteiger partial charge on any atom is -0.384 e. The fourth-order valence-corrected chi connectivity index (χ4v) is 2.55. The topological polar surface area (TPSA) is 109 Å². The highest BCUT2D eigenvalue weighted by molar-refractivity contribution is 7.92. The Labute approximate surface area is 116 Å². The van der Waals surface area contributed by atoms with Gasteiger partial charge in [0.15, 0.2) is 0 Å². The van der Waals surface area contributed by atoms with E-state index in [0.29, 0.717) is 5.69 Å². The second-order valence-electron chi connectivity index (χ2n) is 4.06. The zero-order chi connectivity index (χ0) is 14.6. The smallest absolute Gasteiger partial charge is 0.263 e. The van der Waals surface area contributed by atoms with E-state index in [1.165, 1.54) is 18.3 Å². The lowest BCUT2D eigenvalue weighted by atomic mass is 10.1. The Balaban J connectivity index is 2.20. The van der Waals surface area contributed by atoms with E-state index < -0.39 is 10.0 Å². The average Bonchev–Trinajstić information content (AvgIpc) is 2.41. The first-order valence-corrected chi connectivity index (χ1v) is 7.20. The summed E-state index contributed by atoms with van der Waals surface area (Å²) < 4.78 is 26.6. The van der Waals surface area contributed by atoms with Crippen molar-refractivity contribution in [2.45, 2.75) is 11.3 Å². The maximum Gasteiger partial charge on any atom is 0.263 e. The molecule has 0 radical (unpaired) electrons. The number of hydrogen-bond donors (Lipinski definition) is 2. The molecule has 0 atom stereocenters. The molecule has 0 aliphatic heterocycles. The molecule has 0 aliphatic rings. The van der Waals surface area contributed by atoms with Crippen LogP contribution in [0.5, 0.6) is 0 Å². The molecular formula is C13H12N4O2S. The van der Waals surface area contributed by atoms with Crippen LogP contribution in [0.2, 0.25) is 0 Å². The average molecular weight is 288 g/mol. The molecule has 0 fully saturated rings. The van der Waals surface area contributed by atoms with Gasteiger partial charge in [0, 0.05) is 11.9 Å². The molecule has 3 N–H and O–H groups in total. The molecule has 0 saturated carbocycles. The number of sulfonamides is 1. The largest absolute Gasteiger partial charge is 0.384 e. The third-order valence-electron chi connectivity index (χ3n) is 2.56. The van der Waals surface area contributed by atoms with Gasteiger partial charge in [0.05, 0.1) is 12.5 Å². The molecule has 2 aromatic rings. The first kappa shape index (κ1) is 13.8. The standard InChI is InChI=1S/C13H12N4O2S/c14-8-7-10-1-3-11(4-2-10)17-20(18,19)12-5-6-13(15)16-9-12/h1-6,9,17H,7H2,(H2,15,16). The van der Waals surface area contributed by atoms with Gasteiger partial charge in [-0.3, -0.25) is 4.72 Å². The van der Waals surface area contributed by atoms with E-state index in [1.54, 1.807) is 24.3 Å². The predicted molar refractivity (Wildman–Crippen MR) is 75.2 cm³/mol. The Hall–Kier alpha value is -2.59. The van der Waals surface area contributed by atoms with Crippen LogP contribution in [0.4, 0.5) is 11.5 Å². The van der Waals surface area contributed by atoms with E-state index in [0.717, 1.165) is 5.56 Å². The fourth-order valence-electron chi connectivity index (χ4n) is 1.55. The van der Waals surface area contributed by atoms with Crippen LogP contribution in [-0.4, -0.2) is 13.4 Å². The minimum absolute atomic E-state index is 0.0350. The summed E-state index contributed by atoms with van der Waals surface area (Å²) in [5.41, 5.74) is 6.66. The van der Waals surface area contributed by atoms with Crippen molar-refractivity contribution in [3.63, 3.8) is 0 Å². The molecule has 0 unspecified atom stereocenters. The van der Waals surface area contributed by atoms with Gasteiger partial charge in [-0.1, -0.05) is 12.1 Å². The molecule has 7 heteroatoms. The van der Waals surface area contributed by atoms with Gasteiger partial charge in [0.2, 0.25) is 0 Å². The van der Waals surface area contributed by atoms with E-state index in [-0.39, 0.29) is 17.1 Å². The number of nitrogens with zero attached hydrogens (tertiary/aromatic N) is 2. The monoisotopic (exact) mass is 288 g/mol. The van der Waals surface area contributed by atoms with Gasteiger partial charge in [-0.05, 0) is 29.8 Å². The second-order valence-corrected chi connectivity index (χ2v) is 5.74. The van der Waals surface area contributed by atoms with E-state index in [2.05, 4.69) is 9.71 Å². The molecule has 0 aliphatic carbocycles. The highest BCUT2D eigenvalue weighted by Gasteiger charge is 2.14. The van der Waals surface area contributed by atoms with Crippen LogP contribution in [0, 0.1) is 11.3 Å². The van der Waals surface area contributed by atoms with Crippen LogP contribution in [0.3, 0.4) is 0 Å². The fraction of sp³-hybridized carbons (Fsp3) is 0.0769. The molecular weight excluding hydrogens is 276 g/mol. The van der Waals surface area contributed by atoms with Crippen LogP contribution < -0.4 is 10.5 Å². The Bertz CT molecular complexity index is 731. The Morgan fingerprint density at radius 1 is 1.20 bits per heavy atom. The number of pyridine rings is 1. The number of nitriles is 1. The van der Waals surface area contributed by atoms with Crippen molar-refractivity contribution < 1.29 is 8.42 Å². The number of nitrogen functional groups attached to an aromatic ring is 1. The first-order chi connectivity index (χ1) is 9.51. The van der Waals surface area contributed by atoms with E-state index in [9.17, 15) is 8.42 Å². The molecule has 6 nitrogen and oxygen atoms in total. The number of aromatic nitrogens is 1. The summed E-state index contributed by atoms with van der Waals surface area (Å²) in [5.74, 6) is 0.254. The first-order valence-electron chi connectivity index (χ1n) is 5.71. The van der Waals surface area contributed by atoms with Gasteiger partial charge in [0.25, 0.3) is 10.0 Å². The van der Waals surface area contributed by atoms with Crippen LogP contribution in [0.15, 0.2) is 47.5 Å². The molecule has 1 aromatic carbocycles. The lowest BCUT2D eigenvalue weighted by Gasteiger charge is -2.08. The SMILES string of the molecule is N#CCc1ccc(NS(=O)(=O)c2ccc(N)nc2)cc1. The normalized spacial score (nSPS) is 10.8. The zero-order valence-corrected chi connectivity index (χ0v) is 11.3.